The first-order valence-electron chi connectivity index (χ1n) is 6.08. The van der Waals surface area contributed by atoms with Crippen molar-refractivity contribution in [1.29, 1.82) is 0 Å². The number of aryl methyl sites for hydroxylation is 1. The Balaban J connectivity index is 2.67. The van der Waals surface area contributed by atoms with E-state index in [0.717, 1.165) is 35.5 Å². The predicted octanol–water partition coefficient (Wildman–Crippen LogP) is 5.37. The van der Waals surface area contributed by atoms with Gasteiger partial charge in [0.05, 0.1) is 15.7 Å². The third-order valence-electron chi connectivity index (χ3n) is 2.91. The van der Waals surface area contributed by atoms with Crippen LogP contribution in [-0.4, -0.2) is 9.97 Å². The summed E-state index contributed by atoms with van der Waals surface area (Å²) in [5.74, 6) is 0.879. The number of hydrogen-bond donors (Lipinski definition) is 1. The molecular weight excluding hydrogens is 299 g/mol. The van der Waals surface area contributed by atoms with Crippen LogP contribution in [0.4, 0.5) is 0 Å². The quantitative estimate of drug-likeness (QED) is 0.771. The fourth-order valence-electron chi connectivity index (χ4n) is 1.90. The molecule has 2 aromatic rings. The second-order valence-electron chi connectivity index (χ2n) is 4.34. The van der Waals surface area contributed by atoms with Crippen LogP contribution in [0.1, 0.15) is 24.7 Å². The van der Waals surface area contributed by atoms with Crippen LogP contribution in [0.25, 0.3) is 11.3 Å². The van der Waals surface area contributed by atoms with Crippen molar-refractivity contribution in [1.82, 2.24) is 9.97 Å². The topological polar surface area (TPSA) is 28.7 Å². The largest absolute Gasteiger partial charge is 0.343 e. The number of aromatic amines is 1. The van der Waals surface area contributed by atoms with Gasteiger partial charge in [-0.2, -0.15) is 0 Å². The van der Waals surface area contributed by atoms with Crippen LogP contribution >= 0.6 is 35.4 Å². The number of H-pyrrole nitrogens is 1. The van der Waals surface area contributed by atoms with Crippen molar-refractivity contribution in [3.63, 3.8) is 0 Å². The van der Waals surface area contributed by atoms with Crippen molar-refractivity contribution in [2.45, 2.75) is 26.7 Å². The zero-order chi connectivity index (χ0) is 14.0. The van der Waals surface area contributed by atoms with Gasteiger partial charge in [0.1, 0.15) is 10.5 Å². The molecule has 0 atom stereocenters. The maximum absolute atomic E-state index is 6.28. The van der Waals surface area contributed by atoms with Crippen molar-refractivity contribution in [2.75, 3.05) is 0 Å². The molecular formula is C14H14Cl2N2S. The van der Waals surface area contributed by atoms with Gasteiger partial charge in [-0.15, -0.1) is 0 Å². The molecule has 0 saturated heterocycles. The highest BCUT2D eigenvalue weighted by atomic mass is 35.5. The molecule has 0 bridgehead atoms. The van der Waals surface area contributed by atoms with Gasteiger partial charge in [-0.3, -0.25) is 0 Å². The Kier molecular flexibility index (Phi) is 4.61. The van der Waals surface area contributed by atoms with Crippen LogP contribution in [0, 0.1) is 11.6 Å². The normalized spacial score (nSPS) is 10.7. The highest BCUT2D eigenvalue weighted by Gasteiger charge is 2.12. The monoisotopic (exact) mass is 312 g/mol. The molecule has 0 aliphatic rings. The van der Waals surface area contributed by atoms with Gasteiger partial charge in [-0.1, -0.05) is 54.5 Å². The minimum absolute atomic E-state index is 0.534. The van der Waals surface area contributed by atoms with Gasteiger partial charge in [-0.25, -0.2) is 4.98 Å². The van der Waals surface area contributed by atoms with E-state index >= 15 is 0 Å². The molecule has 0 aliphatic heterocycles. The fourth-order valence-corrected chi connectivity index (χ4v) is 2.51. The summed E-state index contributed by atoms with van der Waals surface area (Å²) in [6.07, 6.45) is 1.86. The first kappa shape index (κ1) is 14.5. The van der Waals surface area contributed by atoms with Gasteiger partial charge in [0, 0.05) is 17.5 Å². The first-order chi connectivity index (χ1) is 9.04. The second-order valence-corrected chi connectivity index (χ2v) is 5.51. The van der Waals surface area contributed by atoms with E-state index in [0.29, 0.717) is 14.7 Å². The second kappa shape index (κ2) is 6.04. The molecule has 1 N–H and O–H groups in total. The number of hydrogen-bond acceptors (Lipinski definition) is 2. The third kappa shape index (κ3) is 2.99. The Labute approximate surface area is 127 Å². The van der Waals surface area contributed by atoms with E-state index in [1.165, 1.54) is 0 Å². The SMILES string of the molecule is CCCc1nc(=S)c(C)c(-c2cccc(Cl)c2Cl)[nH]1. The number of nitrogens with one attached hydrogen (secondary N) is 1. The van der Waals surface area contributed by atoms with Gasteiger partial charge in [0.15, 0.2) is 0 Å². The summed E-state index contributed by atoms with van der Waals surface area (Å²) in [5, 5.41) is 1.07. The van der Waals surface area contributed by atoms with Crippen LogP contribution in [0.2, 0.25) is 10.0 Å². The molecule has 0 spiro atoms. The summed E-state index contributed by atoms with van der Waals surface area (Å²) in [5.41, 5.74) is 2.67. The standard InChI is InChI=1S/C14H14Cl2N2S/c1-3-5-11-17-13(8(2)14(19)18-11)9-6-4-7-10(15)12(9)16/h4,6-7H,3,5H2,1-2H3,(H,17,18,19). The summed E-state index contributed by atoms with van der Waals surface area (Å²) in [7, 11) is 0. The molecule has 1 heterocycles. The van der Waals surface area contributed by atoms with Gasteiger partial charge in [0.25, 0.3) is 0 Å². The van der Waals surface area contributed by atoms with E-state index in [4.69, 9.17) is 35.4 Å². The number of rotatable bonds is 3. The summed E-state index contributed by atoms with van der Waals surface area (Å²) in [6, 6.07) is 5.57. The molecule has 0 aliphatic carbocycles. The molecule has 19 heavy (non-hydrogen) atoms. The molecule has 100 valence electrons. The summed E-state index contributed by atoms with van der Waals surface area (Å²) >= 11 is 17.7. The molecule has 2 nitrogen and oxygen atoms in total. The van der Waals surface area contributed by atoms with Crippen LogP contribution in [-0.2, 0) is 6.42 Å². The maximum atomic E-state index is 6.28. The molecule has 2 rings (SSSR count). The van der Waals surface area contributed by atoms with Crippen LogP contribution < -0.4 is 0 Å². The highest BCUT2D eigenvalue weighted by Crippen LogP contribution is 2.34. The summed E-state index contributed by atoms with van der Waals surface area (Å²) in [6.45, 7) is 4.04. The van der Waals surface area contributed by atoms with Crippen molar-refractivity contribution < 1.29 is 0 Å². The third-order valence-corrected chi connectivity index (χ3v) is 4.13. The fraction of sp³-hybridized carbons (Fsp3) is 0.286. The summed E-state index contributed by atoms with van der Waals surface area (Å²) < 4.78 is 0.605. The van der Waals surface area contributed by atoms with Crippen LogP contribution in [0.15, 0.2) is 18.2 Å². The Bertz CT molecular complexity index is 665. The zero-order valence-corrected chi connectivity index (χ0v) is 13.1. The van der Waals surface area contributed by atoms with Crippen molar-refractivity contribution in [3.05, 3.63) is 44.3 Å². The number of nitrogens with zero attached hydrogens (tertiary/aromatic N) is 1. The predicted molar refractivity (Wildman–Crippen MR) is 83.6 cm³/mol. The molecule has 0 amide bonds. The van der Waals surface area contributed by atoms with Gasteiger partial charge < -0.3 is 4.98 Å². The van der Waals surface area contributed by atoms with Gasteiger partial charge in [-0.05, 0) is 19.4 Å². The molecule has 0 saturated carbocycles. The lowest BCUT2D eigenvalue weighted by molar-refractivity contribution is 0.829. The van der Waals surface area contributed by atoms with Crippen molar-refractivity contribution >= 4 is 35.4 Å². The van der Waals surface area contributed by atoms with Crippen molar-refractivity contribution in [2.24, 2.45) is 0 Å². The Morgan fingerprint density at radius 1 is 1.32 bits per heavy atom. The molecule has 1 aromatic heterocycles. The number of halogens is 2. The molecule has 0 radical (unpaired) electrons. The first-order valence-corrected chi connectivity index (χ1v) is 7.25. The molecule has 0 fully saturated rings. The molecule has 5 heteroatoms. The Hall–Kier alpha value is -0.900. The lowest BCUT2D eigenvalue weighted by atomic mass is 10.1. The Morgan fingerprint density at radius 2 is 2.05 bits per heavy atom. The average Bonchev–Trinajstić information content (AvgIpc) is 2.37. The number of aromatic nitrogens is 2. The molecule has 1 aromatic carbocycles. The van der Waals surface area contributed by atoms with E-state index in [1.54, 1.807) is 6.07 Å². The van der Waals surface area contributed by atoms with Crippen LogP contribution in [0.3, 0.4) is 0 Å². The van der Waals surface area contributed by atoms with E-state index < -0.39 is 0 Å². The van der Waals surface area contributed by atoms with E-state index in [1.807, 2.05) is 19.1 Å². The number of benzene rings is 1. The zero-order valence-electron chi connectivity index (χ0n) is 10.8. The minimum Gasteiger partial charge on any atom is -0.343 e. The lowest BCUT2D eigenvalue weighted by Gasteiger charge is -2.11. The Morgan fingerprint density at radius 3 is 2.74 bits per heavy atom. The highest BCUT2D eigenvalue weighted by molar-refractivity contribution is 7.71. The van der Waals surface area contributed by atoms with E-state index in [-0.39, 0.29) is 0 Å². The van der Waals surface area contributed by atoms with Gasteiger partial charge >= 0.3 is 0 Å². The summed E-state index contributed by atoms with van der Waals surface area (Å²) in [4.78, 5) is 7.70. The maximum Gasteiger partial charge on any atom is 0.133 e. The smallest absolute Gasteiger partial charge is 0.133 e. The van der Waals surface area contributed by atoms with E-state index in [9.17, 15) is 0 Å². The van der Waals surface area contributed by atoms with Crippen LogP contribution in [0.5, 0.6) is 0 Å². The molecule has 0 unspecified atom stereocenters. The average molecular weight is 313 g/mol. The minimum atomic E-state index is 0.534. The van der Waals surface area contributed by atoms with E-state index in [2.05, 4.69) is 16.9 Å². The van der Waals surface area contributed by atoms with Gasteiger partial charge in [0.2, 0.25) is 0 Å². The lowest BCUT2D eigenvalue weighted by Crippen LogP contribution is -2.00. The van der Waals surface area contributed by atoms with Crippen molar-refractivity contribution in [3.8, 4) is 11.3 Å².